The van der Waals surface area contributed by atoms with E-state index in [1.54, 1.807) is 0 Å². The highest BCUT2D eigenvalue weighted by Crippen LogP contribution is 2.19. The first kappa shape index (κ1) is 20.8. The van der Waals surface area contributed by atoms with Gasteiger partial charge in [0.1, 0.15) is 0 Å². The van der Waals surface area contributed by atoms with Gasteiger partial charge in [-0.2, -0.15) is 5.10 Å². The summed E-state index contributed by atoms with van der Waals surface area (Å²) in [7, 11) is 4.06. The van der Waals surface area contributed by atoms with Gasteiger partial charge in [0.15, 0.2) is 5.96 Å². The van der Waals surface area contributed by atoms with Gasteiger partial charge in [0.2, 0.25) is 0 Å². The standard InChI is InChI=1S/C23H32N6/c1-6-24-23(28(4)15-20-16-29(5)27-21(20)17(2)3)26-14-12-19-10-7-9-18-11-8-13-25-22(18)19/h7-11,13,16-17H,6,12,14-15H2,1-5H3,(H,24,26). The Morgan fingerprint density at radius 3 is 2.76 bits per heavy atom. The fraction of sp³-hybridized carbons (Fsp3) is 0.435. The van der Waals surface area contributed by atoms with Crippen LogP contribution in [0.1, 0.15) is 43.5 Å². The maximum absolute atomic E-state index is 4.87. The van der Waals surface area contributed by atoms with E-state index in [0.717, 1.165) is 36.7 Å². The summed E-state index contributed by atoms with van der Waals surface area (Å²) in [5, 5.41) is 9.21. The summed E-state index contributed by atoms with van der Waals surface area (Å²) in [6.07, 6.45) is 4.82. The van der Waals surface area contributed by atoms with Crippen LogP contribution in [0.25, 0.3) is 10.9 Å². The van der Waals surface area contributed by atoms with E-state index in [1.165, 1.54) is 16.5 Å². The van der Waals surface area contributed by atoms with Crippen LogP contribution in [-0.4, -0.2) is 45.8 Å². The topological polar surface area (TPSA) is 58.3 Å². The van der Waals surface area contributed by atoms with Crippen molar-refractivity contribution in [2.75, 3.05) is 20.1 Å². The highest BCUT2D eigenvalue weighted by atomic mass is 15.3. The van der Waals surface area contributed by atoms with Crippen molar-refractivity contribution in [3.8, 4) is 0 Å². The second-order valence-corrected chi connectivity index (χ2v) is 7.70. The summed E-state index contributed by atoms with van der Waals surface area (Å²) >= 11 is 0. The van der Waals surface area contributed by atoms with Gasteiger partial charge < -0.3 is 10.2 Å². The van der Waals surface area contributed by atoms with Crippen molar-refractivity contribution in [2.45, 2.75) is 39.7 Å². The van der Waals surface area contributed by atoms with Gasteiger partial charge in [0.25, 0.3) is 0 Å². The molecule has 0 saturated heterocycles. The molecule has 0 radical (unpaired) electrons. The highest BCUT2D eigenvalue weighted by Gasteiger charge is 2.15. The van der Waals surface area contributed by atoms with Crippen molar-refractivity contribution >= 4 is 16.9 Å². The van der Waals surface area contributed by atoms with Gasteiger partial charge >= 0.3 is 0 Å². The molecule has 0 saturated carbocycles. The van der Waals surface area contributed by atoms with Crippen molar-refractivity contribution in [3.05, 3.63) is 59.5 Å². The molecule has 0 atom stereocenters. The summed E-state index contributed by atoms with van der Waals surface area (Å²) < 4.78 is 1.90. The Labute approximate surface area is 173 Å². The Bertz CT molecular complexity index is 967. The van der Waals surface area contributed by atoms with Crippen LogP contribution in [0.2, 0.25) is 0 Å². The van der Waals surface area contributed by atoms with E-state index in [2.05, 4.69) is 78.6 Å². The molecule has 0 bridgehead atoms. The van der Waals surface area contributed by atoms with Gasteiger partial charge in [0, 0.05) is 57.1 Å². The Hall–Kier alpha value is -2.89. The summed E-state index contributed by atoms with van der Waals surface area (Å²) in [4.78, 5) is 11.6. The fourth-order valence-electron chi connectivity index (χ4n) is 3.61. The Morgan fingerprint density at radius 1 is 1.21 bits per heavy atom. The monoisotopic (exact) mass is 392 g/mol. The zero-order valence-electron chi connectivity index (χ0n) is 18.2. The van der Waals surface area contributed by atoms with Crippen molar-refractivity contribution in [1.29, 1.82) is 0 Å². The number of pyridine rings is 1. The molecule has 2 heterocycles. The number of aryl methyl sites for hydroxylation is 1. The molecule has 6 nitrogen and oxygen atoms in total. The molecule has 0 aliphatic heterocycles. The third kappa shape index (κ3) is 5.13. The van der Waals surface area contributed by atoms with E-state index in [-0.39, 0.29) is 0 Å². The lowest BCUT2D eigenvalue weighted by molar-refractivity contribution is 0.473. The zero-order valence-corrected chi connectivity index (χ0v) is 18.2. The van der Waals surface area contributed by atoms with Gasteiger partial charge in [-0.05, 0) is 30.9 Å². The molecule has 154 valence electrons. The van der Waals surface area contributed by atoms with Crippen LogP contribution in [0.5, 0.6) is 0 Å². The largest absolute Gasteiger partial charge is 0.357 e. The molecule has 2 aromatic heterocycles. The minimum Gasteiger partial charge on any atom is -0.357 e. The predicted octanol–water partition coefficient (Wildman–Crippen LogP) is 3.73. The Balaban J connectivity index is 1.72. The normalized spacial score (nSPS) is 12.0. The predicted molar refractivity (Wildman–Crippen MR) is 120 cm³/mol. The maximum atomic E-state index is 4.87. The van der Waals surface area contributed by atoms with Gasteiger partial charge in [0.05, 0.1) is 11.2 Å². The lowest BCUT2D eigenvalue weighted by Gasteiger charge is -2.22. The summed E-state index contributed by atoms with van der Waals surface area (Å²) in [5.74, 6) is 1.32. The smallest absolute Gasteiger partial charge is 0.193 e. The van der Waals surface area contributed by atoms with Crippen molar-refractivity contribution in [3.63, 3.8) is 0 Å². The number of para-hydroxylation sites is 1. The molecule has 3 rings (SSSR count). The molecule has 6 heteroatoms. The van der Waals surface area contributed by atoms with Gasteiger partial charge in [-0.25, -0.2) is 0 Å². The van der Waals surface area contributed by atoms with Gasteiger partial charge in [-0.15, -0.1) is 0 Å². The van der Waals surface area contributed by atoms with E-state index in [1.807, 2.05) is 24.0 Å². The number of rotatable bonds is 7. The molecule has 0 unspecified atom stereocenters. The van der Waals surface area contributed by atoms with Crippen LogP contribution >= 0.6 is 0 Å². The molecule has 0 spiro atoms. The van der Waals surface area contributed by atoms with Crippen molar-refractivity contribution in [2.24, 2.45) is 12.0 Å². The molecule has 1 N–H and O–H groups in total. The van der Waals surface area contributed by atoms with Crippen molar-refractivity contribution < 1.29 is 0 Å². The van der Waals surface area contributed by atoms with Crippen LogP contribution in [0, 0.1) is 0 Å². The summed E-state index contributed by atoms with van der Waals surface area (Å²) in [6.45, 7) is 8.80. The zero-order chi connectivity index (χ0) is 20.8. The number of guanidine groups is 1. The average molecular weight is 393 g/mol. The Morgan fingerprint density at radius 2 is 2.00 bits per heavy atom. The molecular formula is C23H32N6. The molecule has 29 heavy (non-hydrogen) atoms. The number of hydrogen-bond acceptors (Lipinski definition) is 3. The highest BCUT2D eigenvalue weighted by molar-refractivity contribution is 5.82. The van der Waals surface area contributed by atoms with E-state index in [4.69, 9.17) is 4.99 Å². The lowest BCUT2D eigenvalue weighted by Crippen LogP contribution is -2.38. The number of nitrogens with zero attached hydrogens (tertiary/aromatic N) is 5. The SMILES string of the molecule is CCNC(=NCCc1cccc2cccnc12)N(C)Cc1cn(C)nc1C(C)C. The third-order valence-electron chi connectivity index (χ3n) is 4.95. The van der Waals surface area contributed by atoms with Gasteiger partial charge in [-0.3, -0.25) is 14.7 Å². The number of nitrogens with one attached hydrogen (secondary N) is 1. The third-order valence-corrected chi connectivity index (χ3v) is 4.95. The van der Waals surface area contributed by atoms with Crippen LogP contribution in [0.3, 0.4) is 0 Å². The minimum absolute atomic E-state index is 0.401. The summed E-state index contributed by atoms with van der Waals surface area (Å²) in [6, 6.07) is 10.4. The number of fused-ring (bicyclic) bond motifs is 1. The first-order valence-electron chi connectivity index (χ1n) is 10.3. The van der Waals surface area contributed by atoms with E-state index in [0.29, 0.717) is 12.5 Å². The second kappa shape index (κ2) is 9.54. The quantitative estimate of drug-likeness (QED) is 0.492. The second-order valence-electron chi connectivity index (χ2n) is 7.70. The molecule has 0 aliphatic rings. The first-order chi connectivity index (χ1) is 14.0. The molecule has 0 aliphatic carbocycles. The average Bonchev–Trinajstić information content (AvgIpc) is 3.07. The number of hydrogen-bond donors (Lipinski definition) is 1. The first-order valence-corrected chi connectivity index (χ1v) is 10.3. The molecule has 0 fully saturated rings. The van der Waals surface area contributed by atoms with Crippen molar-refractivity contribution in [1.82, 2.24) is 25.0 Å². The van der Waals surface area contributed by atoms with E-state index >= 15 is 0 Å². The van der Waals surface area contributed by atoms with Crippen LogP contribution in [0.15, 0.2) is 47.7 Å². The molecule has 1 aromatic carbocycles. The minimum atomic E-state index is 0.401. The van der Waals surface area contributed by atoms with E-state index < -0.39 is 0 Å². The fourth-order valence-corrected chi connectivity index (χ4v) is 3.61. The maximum Gasteiger partial charge on any atom is 0.193 e. The van der Waals surface area contributed by atoms with Crippen LogP contribution in [-0.2, 0) is 20.0 Å². The number of aliphatic imine (C=N–C) groups is 1. The lowest BCUT2D eigenvalue weighted by atomic mass is 10.1. The van der Waals surface area contributed by atoms with Crippen LogP contribution in [0.4, 0.5) is 0 Å². The number of aromatic nitrogens is 3. The molecular weight excluding hydrogens is 360 g/mol. The van der Waals surface area contributed by atoms with Crippen LogP contribution < -0.4 is 5.32 Å². The Kier molecular flexibility index (Phi) is 6.86. The van der Waals surface area contributed by atoms with E-state index in [9.17, 15) is 0 Å². The molecule has 0 amide bonds. The number of benzene rings is 1. The van der Waals surface area contributed by atoms with Gasteiger partial charge in [-0.1, -0.05) is 38.1 Å². The molecule has 3 aromatic rings. The summed E-state index contributed by atoms with van der Waals surface area (Å²) in [5.41, 5.74) is 4.70.